The molecule has 2 rings (SSSR count). The number of rotatable bonds is 6. The van der Waals surface area contributed by atoms with E-state index >= 15 is 0 Å². The second-order valence-electron chi connectivity index (χ2n) is 5.96. The standard InChI is InChI=1S/C17H26N2O2/c1-13-7-5-9-15(17(20)21)16(13)18-10-6-12-19-11-4-3-8-14(19)2/h5,7,9,14,18H,3-4,6,8,10-12H2,1-2H3,(H,20,21). The summed E-state index contributed by atoms with van der Waals surface area (Å²) in [5, 5.41) is 12.5. The lowest BCUT2D eigenvalue weighted by Crippen LogP contribution is -2.38. The van der Waals surface area contributed by atoms with Gasteiger partial charge in [0, 0.05) is 19.1 Å². The van der Waals surface area contributed by atoms with E-state index in [4.69, 9.17) is 0 Å². The molecule has 0 spiro atoms. The molecule has 0 amide bonds. The highest BCUT2D eigenvalue weighted by Gasteiger charge is 2.17. The van der Waals surface area contributed by atoms with Gasteiger partial charge in [-0.25, -0.2) is 4.79 Å². The lowest BCUT2D eigenvalue weighted by atomic mass is 10.0. The molecule has 1 unspecified atom stereocenters. The van der Waals surface area contributed by atoms with E-state index in [-0.39, 0.29) is 0 Å². The summed E-state index contributed by atoms with van der Waals surface area (Å²) in [4.78, 5) is 13.8. The minimum absolute atomic E-state index is 0.362. The fourth-order valence-corrected chi connectivity index (χ4v) is 3.07. The number of hydrogen-bond acceptors (Lipinski definition) is 3. The molecule has 1 aliphatic heterocycles. The second kappa shape index (κ2) is 7.46. The number of anilines is 1. The zero-order chi connectivity index (χ0) is 15.2. The van der Waals surface area contributed by atoms with Gasteiger partial charge in [0.1, 0.15) is 0 Å². The SMILES string of the molecule is Cc1cccc(C(=O)O)c1NCCCN1CCCCC1C. The third-order valence-corrected chi connectivity index (χ3v) is 4.37. The maximum atomic E-state index is 11.2. The Morgan fingerprint density at radius 1 is 1.43 bits per heavy atom. The summed E-state index contributed by atoms with van der Waals surface area (Å²) in [6.07, 6.45) is 4.99. The van der Waals surface area contributed by atoms with Crippen LogP contribution in [0.5, 0.6) is 0 Å². The van der Waals surface area contributed by atoms with Crippen molar-refractivity contribution in [3.63, 3.8) is 0 Å². The molecule has 0 radical (unpaired) electrons. The summed E-state index contributed by atoms with van der Waals surface area (Å²) in [7, 11) is 0. The van der Waals surface area contributed by atoms with Crippen LogP contribution in [0, 0.1) is 6.92 Å². The number of piperidine rings is 1. The van der Waals surface area contributed by atoms with E-state index in [2.05, 4.69) is 17.1 Å². The first kappa shape index (κ1) is 15.8. The minimum Gasteiger partial charge on any atom is -0.478 e. The molecule has 4 heteroatoms. The number of carboxylic acid groups (broad SMARTS) is 1. The lowest BCUT2D eigenvalue weighted by molar-refractivity contribution is 0.0698. The van der Waals surface area contributed by atoms with Crippen LogP contribution in [0.15, 0.2) is 18.2 Å². The predicted octanol–water partition coefficient (Wildman–Crippen LogP) is 3.37. The lowest BCUT2D eigenvalue weighted by Gasteiger charge is -2.33. The van der Waals surface area contributed by atoms with Crippen molar-refractivity contribution in [2.45, 2.75) is 45.6 Å². The first-order valence-electron chi connectivity index (χ1n) is 7.90. The van der Waals surface area contributed by atoms with E-state index in [1.807, 2.05) is 13.0 Å². The van der Waals surface area contributed by atoms with Crippen LogP contribution in [0.4, 0.5) is 5.69 Å². The number of benzene rings is 1. The van der Waals surface area contributed by atoms with Gasteiger partial charge < -0.3 is 15.3 Å². The van der Waals surface area contributed by atoms with Gasteiger partial charge in [0.25, 0.3) is 0 Å². The number of carbonyl (C=O) groups is 1. The van der Waals surface area contributed by atoms with Gasteiger partial charge in [-0.2, -0.15) is 0 Å². The highest BCUT2D eigenvalue weighted by molar-refractivity contribution is 5.95. The van der Waals surface area contributed by atoms with E-state index < -0.39 is 5.97 Å². The molecule has 0 bridgehead atoms. The molecule has 1 aromatic rings. The molecule has 0 aromatic heterocycles. The molecule has 1 atom stereocenters. The molecule has 21 heavy (non-hydrogen) atoms. The number of carboxylic acids is 1. The van der Waals surface area contributed by atoms with Crippen LogP contribution in [0.3, 0.4) is 0 Å². The van der Waals surface area contributed by atoms with Crippen LogP contribution in [0.2, 0.25) is 0 Å². The van der Waals surface area contributed by atoms with Crippen molar-refractivity contribution in [3.05, 3.63) is 29.3 Å². The fourth-order valence-electron chi connectivity index (χ4n) is 3.07. The van der Waals surface area contributed by atoms with Crippen LogP contribution in [-0.4, -0.2) is 41.7 Å². The minimum atomic E-state index is -0.870. The van der Waals surface area contributed by atoms with Crippen molar-refractivity contribution in [1.82, 2.24) is 4.90 Å². The largest absolute Gasteiger partial charge is 0.478 e. The molecule has 0 saturated carbocycles. The maximum absolute atomic E-state index is 11.2. The van der Waals surface area contributed by atoms with Crippen LogP contribution in [0.25, 0.3) is 0 Å². The summed E-state index contributed by atoms with van der Waals surface area (Å²) in [6, 6.07) is 6.08. The van der Waals surface area contributed by atoms with E-state index in [0.29, 0.717) is 11.6 Å². The highest BCUT2D eigenvalue weighted by atomic mass is 16.4. The second-order valence-corrected chi connectivity index (χ2v) is 5.96. The Balaban J connectivity index is 1.85. The molecule has 1 aliphatic rings. The number of aryl methyl sites for hydroxylation is 1. The molecule has 1 fully saturated rings. The summed E-state index contributed by atoms with van der Waals surface area (Å²) in [5.41, 5.74) is 2.11. The third kappa shape index (κ3) is 4.21. The van der Waals surface area contributed by atoms with Crippen molar-refractivity contribution in [2.24, 2.45) is 0 Å². The Bertz CT molecular complexity index is 488. The summed E-state index contributed by atoms with van der Waals surface area (Å²) >= 11 is 0. The van der Waals surface area contributed by atoms with Gasteiger partial charge in [-0.1, -0.05) is 18.6 Å². The summed E-state index contributed by atoms with van der Waals surface area (Å²) in [5.74, 6) is -0.870. The predicted molar refractivity (Wildman–Crippen MR) is 86.1 cm³/mol. The van der Waals surface area contributed by atoms with Crippen LogP contribution < -0.4 is 5.32 Å². The van der Waals surface area contributed by atoms with Crippen molar-refractivity contribution < 1.29 is 9.90 Å². The molecular formula is C17H26N2O2. The number of likely N-dealkylation sites (tertiary alicyclic amines) is 1. The summed E-state index contributed by atoms with van der Waals surface area (Å²) in [6.45, 7) is 7.35. The molecule has 0 aliphatic carbocycles. The molecule has 1 aromatic carbocycles. The number of hydrogen-bond donors (Lipinski definition) is 2. The fraction of sp³-hybridized carbons (Fsp3) is 0.588. The van der Waals surface area contributed by atoms with Crippen LogP contribution >= 0.6 is 0 Å². The summed E-state index contributed by atoms with van der Waals surface area (Å²) < 4.78 is 0. The van der Waals surface area contributed by atoms with Gasteiger partial charge in [0.2, 0.25) is 0 Å². The number of para-hydroxylation sites is 1. The van der Waals surface area contributed by atoms with Crippen molar-refractivity contribution in [3.8, 4) is 0 Å². The monoisotopic (exact) mass is 290 g/mol. The Labute approximate surface area is 127 Å². The average Bonchev–Trinajstić information content (AvgIpc) is 2.46. The number of aromatic carboxylic acids is 1. The molecule has 116 valence electrons. The van der Waals surface area contributed by atoms with Crippen LogP contribution in [-0.2, 0) is 0 Å². The highest BCUT2D eigenvalue weighted by Crippen LogP contribution is 2.21. The zero-order valence-electron chi connectivity index (χ0n) is 13.1. The first-order valence-corrected chi connectivity index (χ1v) is 7.90. The molecule has 1 heterocycles. The van der Waals surface area contributed by atoms with E-state index in [1.165, 1.54) is 25.8 Å². The van der Waals surface area contributed by atoms with Crippen molar-refractivity contribution in [2.75, 3.05) is 25.0 Å². The first-order chi connectivity index (χ1) is 10.1. The Morgan fingerprint density at radius 2 is 2.24 bits per heavy atom. The van der Waals surface area contributed by atoms with E-state index in [0.717, 1.165) is 30.8 Å². The van der Waals surface area contributed by atoms with Gasteiger partial charge in [-0.15, -0.1) is 0 Å². The Morgan fingerprint density at radius 3 is 2.95 bits per heavy atom. The van der Waals surface area contributed by atoms with Crippen molar-refractivity contribution in [1.29, 1.82) is 0 Å². The molecule has 4 nitrogen and oxygen atoms in total. The Hall–Kier alpha value is -1.55. The number of nitrogens with one attached hydrogen (secondary N) is 1. The normalized spacial score (nSPS) is 19.4. The van der Waals surface area contributed by atoms with Crippen molar-refractivity contribution >= 4 is 11.7 Å². The average molecular weight is 290 g/mol. The maximum Gasteiger partial charge on any atom is 0.337 e. The van der Waals surface area contributed by atoms with Gasteiger partial charge in [0.15, 0.2) is 0 Å². The quantitative estimate of drug-likeness (QED) is 0.789. The van der Waals surface area contributed by atoms with Crippen LogP contribution in [0.1, 0.15) is 48.5 Å². The zero-order valence-corrected chi connectivity index (χ0v) is 13.1. The van der Waals surface area contributed by atoms with Gasteiger partial charge in [-0.3, -0.25) is 0 Å². The van der Waals surface area contributed by atoms with Gasteiger partial charge >= 0.3 is 5.97 Å². The Kier molecular flexibility index (Phi) is 5.62. The molecular weight excluding hydrogens is 264 g/mol. The van der Waals surface area contributed by atoms with E-state index in [1.54, 1.807) is 12.1 Å². The topological polar surface area (TPSA) is 52.6 Å². The smallest absolute Gasteiger partial charge is 0.337 e. The third-order valence-electron chi connectivity index (χ3n) is 4.37. The number of nitrogens with zero attached hydrogens (tertiary/aromatic N) is 1. The van der Waals surface area contributed by atoms with Gasteiger partial charge in [0.05, 0.1) is 11.3 Å². The van der Waals surface area contributed by atoms with E-state index in [9.17, 15) is 9.90 Å². The molecule has 1 saturated heterocycles. The van der Waals surface area contributed by atoms with Gasteiger partial charge in [-0.05, 0) is 51.3 Å². The molecule has 2 N–H and O–H groups in total.